The van der Waals surface area contributed by atoms with Crippen molar-refractivity contribution in [2.24, 2.45) is 0 Å². The summed E-state index contributed by atoms with van der Waals surface area (Å²) >= 11 is 3.28. The van der Waals surface area contributed by atoms with E-state index in [0.29, 0.717) is 21.3 Å². The van der Waals surface area contributed by atoms with Gasteiger partial charge < -0.3 is 15.8 Å². The molecule has 5 nitrogen and oxygen atoms in total. The van der Waals surface area contributed by atoms with Crippen LogP contribution in [0.5, 0.6) is 0 Å². The first-order chi connectivity index (χ1) is 9.85. The molecule has 0 spiro atoms. The molecule has 21 heavy (non-hydrogen) atoms. The fourth-order valence-corrected chi connectivity index (χ4v) is 2.42. The summed E-state index contributed by atoms with van der Waals surface area (Å²) in [6, 6.07) is 3.42. The van der Waals surface area contributed by atoms with E-state index in [0.717, 1.165) is 12.8 Å². The van der Waals surface area contributed by atoms with E-state index >= 15 is 0 Å². The molecule has 0 fully saturated rings. The topological polar surface area (TPSA) is 81.4 Å². The largest absolute Gasteiger partial charge is 0.452 e. The summed E-state index contributed by atoms with van der Waals surface area (Å²) in [5, 5.41) is 2.77. The van der Waals surface area contributed by atoms with Crippen molar-refractivity contribution in [3.05, 3.63) is 27.7 Å². The molecule has 0 saturated carbocycles. The zero-order valence-corrected chi connectivity index (χ0v) is 14.1. The summed E-state index contributed by atoms with van der Waals surface area (Å²) in [6.45, 7) is 5.41. The predicted molar refractivity (Wildman–Crippen MR) is 86.1 cm³/mol. The average molecular weight is 357 g/mol. The molecule has 116 valence electrons. The third kappa shape index (κ3) is 5.38. The van der Waals surface area contributed by atoms with E-state index in [4.69, 9.17) is 10.5 Å². The molecule has 1 amide bonds. The Morgan fingerprint density at radius 3 is 2.71 bits per heavy atom. The molecule has 1 unspecified atom stereocenters. The SMILES string of the molecule is CCCC(C)NC(=O)COC(=O)c1cc(Br)cc(N)c1C. The minimum absolute atomic E-state index is 0.0736. The Balaban J connectivity index is 2.60. The lowest BCUT2D eigenvalue weighted by Gasteiger charge is -2.13. The van der Waals surface area contributed by atoms with Crippen molar-refractivity contribution >= 4 is 33.5 Å². The number of ether oxygens (including phenoxy) is 1. The van der Waals surface area contributed by atoms with Gasteiger partial charge in [0.25, 0.3) is 5.91 Å². The van der Waals surface area contributed by atoms with Crippen LogP contribution in [-0.2, 0) is 9.53 Å². The number of esters is 1. The van der Waals surface area contributed by atoms with Crippen LogP contribution >= 0.6 is 15.9 Å². The Kier molecular flexibility index (Phi) is 6.68. The molecule has 3 N–H and O–H groups in total. The zero-order chi connectivity index (χ0) is 16.0. The molecule has 1 rings (SSSR count). The summed E-state index contributed by atoms with van der Waals surface area (Å²) in [5.41, 5.74) is 7.29. The first kappa shape index (κ1) is 17.5. The highest BCUT2D eigenvalue weighted by molar-refractivity contribution is 9.10. The number of hydrogen-bond donors (Lipinski definition) is 2. The van der Waals surface area contributed by atoms with Crippen molar-refractivity contribution < 1.29 is 14.3 Å². The summed E-state index contributed by atoms with van der Waals surface area (Å²) in [4.78, 5) is 23.7. The lowest BCUT2D eigenvalue weighted by molar-refractivity contribution is -0.124. The number of hydrogen-bond acceptors (Lipinski definition) is 4. The van der Waals surface area contributed by atoms with E-state index in [1.807, 2.05) is 13.8 Å². The number of carbonyl (C=O) groups is 2. The standard InChI is InChI=1S/C15H21BrN2O3/c1-4-5-9(2)18-14(19)8-21-15(20)12-6-11(16)7-13(17)10(12)3/h6-7,9H,4-5,8,17H2,1-3H3,(H,18,19). The van der Waals surface area contributed by atoms with Crippen LogP contribution in [0.1, 0.15) is 42.6 Å². The third-order valence-electron chi connectivity index (χ3n) is 3.10. The molecule has 1 aromatic rings. The van der Waals surface area contributed by atoms with Crippen LogP contribution in [0.2, 0.25) is 0 Å². The minimum Gasteiger partial charge on any atom is -0.452 e. The molecule has 6 heteroatoms. The van der Waals surface area contributed by atoms with Crippen molar-refractivity contribution in [1.82, 2.24) is 5.32 Å². The van der Waals surface area contributed by atoms with Crippen molar-refractivity contribution in [3.63, 3.8) is 0 Å². The Morgan fingerprint density at radius 2 is 2.10 bits per heavy atom. The Hall–Kier alpha value is -1.56. The van der Waals surface area contributed by atoms with Gasteiger partial charge in [0.15, 0.2) is 6.61 Å². The van der Waals surface area contributed by atoms with Gasteiger partial charge in [0.05, 0.1) is 5.56 Å². The minimum atomic E-state index is -0.557. The number of benzene rings is 1. The molecule has 0 aliphatic rings. The lowest BCUT2D eigenvalue weighted by atomic mass is 10.1. The van der Waals surface area contributed by atoms with Crippen LogP contribution in [0.25, 0.3) is 0 Å². The highest BCUT2D eigenvalue weighted by Crippen LogP contribution is 2.23. The normalized spacial score (nSPS) is 11.8. The maximum absolute atomic E-state index is 12.0. The second-order valence-corrected chi connectivity index (χ2v) is 5.92. The second kappa shape index (κ2) is 8.02. The number of carbonyl (C=O) groups excluding carboxylic acids is 2. The van der Waals surface area contributed by atoms with Gasteiger partial charge in [-0.05, 0) is 38.0 Å². The van der Waals surface area contributed by atoms with Crippen LogP contribution in [-0.4, -0.2) is 24.5 Å². The zero-order valence-electron chi connectivity index (χ0n) is 12.5. The van der Waals surface area contributed by atoms with Gasteiger partial charge in [0.2, 0.25) is 0 Å². The van der Waals surface area contributed by atoms with Gasteiger partial charge in [-0.1, -0.05) is 29.3 Å². The monoisotopic (exact) mass is 356 g/mol. The molecule has 1 aromatic carbocycles. The van der Waals surface area contributed by atoms with Crippen LogP contribution in [0.15, 0.2) is 16.6 Å². The maximum atomic E-state index is 12.0. The number of nitrogen functional groups attached to an aromatic ring is 1. The summed E-state index contributed by atoms with van der Waals surface area (Å²) < 4.78 is 5.73. The van der Waals surface area contributed by atoms with Crippen LogP contribution < -0.4 is 11.1 Å². The van der Waals surface area contributed by atoms with E-state index < -0.39 is 5.97 Å². The number of anilines is 1. The van der Waals surface area contributed by atoms with Crippen molar-refractivity contribution in [3.8, 4) is 0 Å². The summed E-state index contributed by atoms with van der Waals surface area (Å²) in [7, 11) is 0. The fourth-order valence-electron chi connectivity index (χ4n) is 1.94. The van der Waals surface area contributed by atoms with E-state index in [2.05, 4.69) is 21.2 Å². The van der Waals surface area contributed by atoms with Crippen molar-refractivity contribution in [1.29, 1.82) is 0 Å². The van der Waals surface area contributed by atoms with Gasteiger partial charge in [-0.15, -0.1) is 0 Å². The molecular weight excluding hydrogens is 336 g/mol. The van der Waals surface area contributed by atoms with E-state index in [-0.39, 0.29) is 18.6 Å². The Morgan fingerprint density at radius 1 is 1.43 bits per heavy atom. The molecule has 0 aromatic heterocycles. The van der Waals surface area contributed by atoms with Gasteiger partial charge in [0, 0.05) is 16.2 Å². The lowest BCUT2D eigenvalue weighted by Crippen LogP contribution is -2.35. The highest BCUT2D eigenvalue weighted by atomic mass is 79.9. The van der Waals surface area contributed by atoms with E-state index in [1.54, 1.807) is 19.1 Å². The summed E-state index contributed by atoms with van der Waals surface area (Å²) in [6.07, 6.45) is 1.87. The van der Waals surface area contributed by atoms with E-state index in [1.165, 1.54) is 0 Å². The molecule has 1 atom stereocenters. The summed E-state index contributed by atoms with van der Waals surface area (Å²) in [5.74, 6) is -0.858. The van der Waals surface area contributed by atoms with Gasteiger partial charge in [-0.3, -0.25) is 4.79 Å². The highest BCUT2D eigenvalue weighted by Gasteiger charge is 2.15. The van der Waals surface area contributed by atoms with Gasteiger partial charge in [0.1, 0.15) is 0 Å². The molecular formula is C15H21BrN2O3. The molecule has 0 heterocycles. The quantitative estimate of drug-likeness (QED) is 0.606. The first-order valence-electron chi connectivity index (χ1n) is 6.87. The number of amides is 1. The van der Waals surface area contributed by atoms with Crippen LogP contribution in [0, 0.1) is 6.92 Å². The van der Waals surface area contributed by atoms with Crippen molar-refractivity contribution in [2.75, 3.05) is 12.3 Å². The van der Waals surface area contributed by atoms with Gasteiger partial charge in [-0.2, -0.15) is 0 Å². The maximum Gasteiger partial charge on any atom is 0.339 e. The number of nitrogens with one attached hydrogen (secondary N) is 1. The van der Waals surface area contributed by atoms with Gasteiger partial charge in [-0.25, -0.2) is 4.79 Å². The number of nitrogens with two attached hydrogens (primary N) is 1. The Labute approximate surface area is 133 Å². The van der Waals surface area contributed by atoms with Gasteiger partial charge >= 0.3 is 5.97 Å². The molecule has 0 bridgehead atoms. The Bertz CT molecular complexity index is 532. The smallest absolute Gasteiger partial charge is 0.339 e. The fraction of sp³-hybridized carbons (Fsp3) is 0.467. The first-order valence-corrected chi connectivity index (χ1v) is 7.66. The molecule has 0 saturated heterocycles. The van der Waals surface area contributed by atoms with Crippen LogP contribution in [0.3, 0.4) is 0 Å². The molecule has 0 aliphatic carbocycles. The number of halogens is 1. The predicted octanol–water partition coefficient (Wildman–Crippen LogP) is 2.80. The number of rotatable bonds is 6. The van der Waals surface area contributed by atoms with Crippen molar-refractivity contribution in [2.45, 2.75) is 39.7 Å². The molecule has 0 aliphatic heterocycles. The molecule has 0 radical (unpaired) electrons. The average Bonchev–Trinajstić information content (AvgIpc) is 2.40. The van der Waals surface area contributed by atoms with E-state index in [9.17, 15) is 9.59 Å². The third-order valence-corrected chi connectivity index (χ3v) is 3.55. The van der Waals surface area contributed by atoms with Crippen LogP contribution in [0.4, 0.5) is 5.69 Å². The second-order valence-electron chi connectivity index (χ2n) is 5.00.